The van der Waals surface area contributed by atoms with E-state index >= 15 is 0 Å². The van der Waals surface area contributed by atoms with Gasteiger partial charge in [-0.2, -0.15) is 0 Å². The molecule has 1 saturated carbocycles. The number of hydrogen-bond acceptors (Lipinski definition) is 2. The Kier molecular flexibility index (Phi) is 1.70. The van der Waals surface area contributed by atoms with Gasteiger partial charge in [-0.1, -0.05) is 18.9 Å². The first kappa shape index (κ1) is 8.21. The van der Waals surface area contributed by atoms with Crippen LogP contribution >= 0.6 is 0 Å². The number of nitrogens with one attached hydrogen (secondary N) is 1. The van der Waals surface area contributed by atoms with Crippen molar-refractivity contribution in [1.82, 2.24) is 5.32 Å². The third kappa shape index (κ3) is 1.33. The Morgan fingerprint density at radius 2 is 2.28 bits per heavy atom. The molecule has 1 aliphatic heterocycles. The maximum Gasteiger partial charge on any atom is 0.115 e. The topological polar surface area (TPSA) is 32.3 Å². The lowest BCUT2D eigenvalue weighted by Gasteiger charge is -2.56. The largest absolute Gasteiger partial charge is 0.508 e. The molecule has 3 atom stereocenters. The van der Waals surface area contributed by atoms with Crippen LogP contribution in [0.5, 0.6) is 5.75 Å². The van der Waals surface area contributed by atoms with E-state index in [0.29, 0.717) is 12.0 Å². The highest BCUT2D eigenvalue weighted by Gasteiger charge is 2.51. The fourth-order valence-electron chi connectivity index (χ4n) is 4.66. The van der Waals surface area contributed by atoms with Crippen molar-refractivity contribution in [3.8, 4) is 5.75 Å². The van der Waals surface area contributed by atoms with Gasteiger partial charge < -0.3 is 10.4 Å². The monoisotopic (exact) mass is 246 g/mol. The van der Waals surface area contributed by atoms with Crippen molar-refractivity contribution in [1.29, 1.82) is 0 Å². The molecule has 0 aromatic heterocycles. The van der Waals surface area contributed by atoms with Crippen LogP contribution in [0.1, 0.15) is 47.3 Å². The summed E-state index contributed by atoms with van der Waals surface area (Å²) >= 11 is 0. The second kappa shape index (κ2) is 3.74. The van der Waals surface area contributed by atoms with Gasteiger partial charge in [0, 0.05) is 11.5 Å². The summed E-state index contributed by atoms with van der Waals surface area (Å²) in [7, 11) is 0. The van der Waals surface area contributed by atoms with E-state index in [-0.39, 0.29) is 29.3 Å². The molecule has 2 aliphatic carbocycles. The van der Waals surface area contributed by atoms with Gasteiger partial charge in [0.25, 0.3) is 0 Å². The molecule has 2 heteroatoms. The summed E-state index contributed by atoms with van der Waals surface area (Å²) in [6, 6.07) is 0.454. The lowest BCUT2D eigenvalue weighted by molar-refractivity contribution is 0.0795. The Bertz CT molecular complexity index is 614. The molecule has 2 fully saturated rings. The van der Waals surface area contributed by atoms with Crippen molar-refractivity contribution < 1.29 is 9.22 Å². The summed E-state index contributed by atoms with van der Waals surface area (Å²) in [4.78, 5) is 0. The summed E-state index contributed by atoms with van der Waals surface area (Å²) in [5, 5.41) is 13.7. The van der Waals surface area contributed by atoms with Crippen LogP contribution in [-0.4, -0.2) is 17.7 Å². The van der Waals surface area contributed by atoms with Gasteiger partial charge in [0.1, 0.15) is 5.75 Å². The van der Waals surface area contributed by atoms with Crippen LogP contribution in [0.4, 0.5) is 0 Å². The van der Waals surface area contributed by atoms with Crippen LogP contribution in [0.25, 0.3) is 0 Å². The number of hydrogen-bond donors (Lipinski definition) is 2. The Labute approximate surface area is 113 Å². The van der Waals surface area contributed by atoms with Crippen molar-refractivity contribution in [2.75, 3.05) is 6.54 Å². The molecule has 96 valence electrons. The summed E-state index contributed by atoms with van der Waals surface area (Å²) < 4.78 is 24.5. The van der Waals surface area contributed by atoms with E-state index in [1.54, 1.807) is 0 Å². The molecular weight excluding hydrogens is 222 g/mol. The zero-order valence-corrected chi connectivity index (χ0v) is 10.6. The predicted octanol–water partition coefficient (Wildman–Crippen LogP) is 2.74. The summed E-state index contributed by atoms with van der Waals surface area (Å²) in [5.74, 6) is 0.224. The minimum absolute atomic E-state index is 0.0419. The van der Waals surface area contributed by atoms with Crippen molar-refractivity contribution in [3.63, 3.8) is 0 Å². The van der Waals surface area contributed by atoms with Gasteiger partial charge in [0.2, 0.25) is 0 Å². The Hall–Kier alpha value is -1.02. The molecule has 0 unspecified atom stereocenters. The Balaban J connectivity index is 2.02. The fourth-order valence-corrected chi connectivity index (χ4v) is 4.66. The molecule has 3 aliphatic rings. The molecule has 2 bridgehead atoms. The van der Waals surface area contributed by atoms with Crippen molar-refractivity contribution in [3.05, 3.63) is 29.3 Å². The van der Waals surface area contributed by atoms with Crippen molar-refractivity contribution in [2.45, 2.75) is 50.0 Å². The summed E-state index contributed by atoms with van der Waals surface area (Å²) in [6.45, 7) is 0.955. The zero-order chi connectivity index (χ0) is 14.8. The van der Waals surface area contributed by atoms with Gasteiger partial charge >= 0.3 is 0 Å². The minimum Gasteiger partial charge on any atom is -0.508 e. The fraction of sp³-hybridized carbons (Fsp3) is 0.625. The normalized spacial score (nSPS) is 40.1. The number of aromatic hydroxyl groups is 1. The summed E-state index contributed by atoms with van der Waals surface area (Å²) in [6.07, 6.45) is 6.36. The standard InChI is InChI=1S/C16H21NO/c18-12-5-4-11-9-15-13-3-1-2-6-16(13,7-8-17-15)14(11)10-12/h4-5,10,13,15,17-18H,1-3,6-9H2/t13-,15+,16+/m0/s1/i4D,5D,10D. The average molecular weight is 246 g/mol. The molecule has 1 heterocycles. The Morgan fingerprint density at radius 3 is 3.22 bits per heavy atom. The number of phenols is 1. The molecule has 1 aromatic rings. The zero-order valence-electron chi connectivity index (χ0n) is 13.6. The van der Waals surface area contributed by atoms with Crippen molar-refractivity contribution >= 4 is 0 Å². The molecule has 1 aromatic carbocycles. The minimum atomic E-state index is -0.297. The van der Waals surface area contributed by atoms with Gasteiger partial charge in [0.05, 0.1) is 4.11 Å². The van der Waals surface area contributed by atoms with E-state index < -0.39 is 0 Å². The molecule has 0 spiro atoms. The predicted molar refractivity (Wildman–Crippen MR) is 71.9 cm³/mol. The number of rotatable bonds is 0. The summed E-state index contributed by atoms with van der Waals surface area (Å²) in [5.41, 5.74) is 1.71. The molecule has 4 rings (SSSR count). The first-order valence-corrected chi connectivity index (χ1v) is 7.12. The quantitative estimate of drug-likeness (QED) is 0.738. The molecule has 0 radical (unpaired) electrons. The smallest absolute Gasteiger partial charge is 0.115 e. The molecule has 2 N–H and O–H groups in total. The highest BCUT2D eigenvalue weighted by atomic mass is 16.3. The van der Waals surface area contributed by atoms with E-state index in [1.165, 1.54) is 19.3 Å². The third-order valence-electron chi connectivity index (χ3n) is 5.36. The molecule has 0 amide bonds. The SMILES string of the molecule is [2H]c1c([2H])c2c(c([2H])c1O)[C@@]13CCCC[C@H]1[C@@H](C2)NCC3. The number of fused-ring (bicyclic) bond motifs is 1. The third-order valence-corrected chi connectivity index (χ3v) is 5.36. The lowest BCUT2D eigenvalue weighted by atomic mass is 9.53. The highest BCUT2D eigenvalue weighted by Crippen LogP contribution is 2.54. The van der Waals surface area contributed by atoms with Gasteiger partial charge in [-0.25, -0.2) is 0 Å². The van der Waals surface area contributed by atoms with E-state index in [2.05, 4.69) is 5.32 Å². The maximum absolute atomic E-state index is 10.1. The van der Waals surface area contributed by atoms with Gasteiger partial charge in [-0.15, -0.1) is 0 Å². The van der Waals surface area contributed by atoms with Crippen LogP contribution in [0.15, 0.2) is 18.1 Å². The second-order valence-corrected chi connectivity index (χ2v) is 6.10. The highest BCUT2D eigenvalue weighted by molar-refractivity contribution is 5.45. The van der Waals surface area contributed by atoms with E-state index in [9.17, 15) is 5.11 Å². The Morgan fingerprint density at radius 1 is 1.33 bits per heavy atom. The van der Waals surface area contributed by atoms with E-state index in [4.69, 9.17) is 4.11 Å². The van der Waals surface area contributed by atoms with Crippen molar-refractivity contribution in [2.24, 2.45) is 5.92 Å². The van der Waals surface area contributed by atoms with Gasteiger partial charge in [-0.3, -0.25) is 0 Å². The van der Waals surface area contributed by atoms with Gasteiger partial charge in [0.15, 0.2) is 0 Å². The lowest BCUT2D eigenvalue weighted by Crippen LogP contribution is -2.59. The van der Waals surface area contributed by atoms with Crippen LogP contribution in [0.2, 0.25) is 0 Å². The first-order valence-electron chi connectivity index (χ1n) is 8.62. The number of piperidine rings is 1. The van der Waals surface area contributed by atoms with Crippen LogP contribution in [-0.2, 0) is 11.8 Å². The molecular formula is C16H21NO. The second-order valence-electron chi connectivity index (χ2n) is 6.10. The van der Waals surface area contributed by atoms with E-state index in [1.807, 2.05) is 0 Å². The van der Waals surface area contributed by atoms with Gasteiger partial charge in [-0.05, 0) is 61.4 Å². The first-order chi connectivity index (χ1) is 10.1. The number of benzene rings is 1. The maximum atomic E-state index is 10.1. The molecule has 18 heavy (non-hydrogen) atoms. The number of phenolic OH excluding ortho intramolecular Hbond substituents is 1. The van der Waals surface area contributed by atoms with Crippen LogP contribution < -0.4 is 5.32 Å². The van der Waals surface area contributed by atoms with E-state index in [0.717, 1.165) is 36.9 Å². The molecule has 1 saturated heterocycles. The average Bonchev–Trinajstić information content (AvgIpc) is 2.50. The van der Waals surface area contributed by atoms with Crippen LogP contribution in [0.3, 0.4) is 0 Å². The molecule has 2 nitrogen and oxygen atoms in total. The van der Waals surface area contributed by atoms with Crippen LogP contribution in [0, 0.1) is 5.92 Å².